The number of rotatable bonds is 7. The molecule has 1 aromatic heterocycles. The zero-order valence-corrected chi connectivity index (χ0v) is 12.8. The molecular formula is C15H21N5O2. The van der Waals surface area contributed by atoms with Crippen LogP contribution in [0, 0.1) is 5.92 Å². The van der Waals surface area contributed by atoms with E-state index in [1.54, 1.807) is 0 Å². The van der Waals surface area contributed by atoms with E-state index < -0.39 is 6.04 Å². The van der Waals surface area contributed by atoms with Gasteiger partial charge >= 0.3 is 0 Å². The van der Waals surface area contributed by atoms with E-state index in [2.05, 4.69) is 20.8 Å². The van der Waals surface area contributed by atoms with Gasteiger partial charge in [0.1, 0.15) is 6.33 Å². The van der Waals surface area contributed by atoms with Gasteiger partial charge in [-0.3, -0.25) is 4.79 Å². The smallest absolute Gasteiger partial charge is 0.249 e. The third-order valence-electron chi connectivity index (χ3n) is 3.85. The van der Waals surface area contributed by atoms with Crippen LogP contribution in [-0.2, 0) is 4.79 Å². The lowest BCUT2D eigenvalue weighted by Gasteiger charge is -2.25. The van der Waals surface area contributed by atoms with Gasteiger partial charge in [0.05, 0.1) is 12.6 Å². The number of benzene rings is 1. The summed E-state index contributed by atoms with van der Waals surface area (Å²) in [5, 5.41) is 23.4. The number of aliphatic hydroxyl groups excluding tert-OH is 1. The van der Waals surface area contributed by atoms with Gasteiger partial charge in [-0.1, -0.05) is 50.6 Å². The molecule has 0 unspecified atom stereocenters. The van der Waals surface area contributed by atoms with Crippen LogP contribution >= 0.6 is 0 Å². The van der Waals surface area contributed by atoms with Crippen LogP contribution in [0.3, 0.4) is 0 Å². The highest BCUT2D eigenvalue weighted by atomic mass is 16.3. The molecule has 0 saturated heterocycles. The second-order valence-electron chi connectivity index (χ2n) is 5.29. The summed E-state index contributed by atoms with van der Waals surface area (Å²) >= 11 is 0. The van der Waals surface area contributed by atoms with Crippen LogP contribution in [0.2, 0.25) is 0 Å². The van der Waals surface area contributed by atoms with Crippen molar-refractivity contribution in [1.29, 1.82) is 0 Å². The molecule has 7 heteroatoms. The Morgan fingerprint density at radius 3 is 2.64 bits per heavy atom. The summed E-state index contributed by atoms with van der Waals surface area (Å²) in [6, 6.07) is 8.35. The number of aliphatic hydroxyl groups is 1. The van der Waals surface area contributed by atoms with Gasteiger partial charge in [-0.25, -0.2) is 4.68 Å². The predicted molar refractivity (Wildman–Crippen MR) is 80.9 cm³/mol. The molecule has 2 N–H and O–H groups in total. The van der Waals surface area contributed by atoms with Crippen LogP contribution in [0.5, 0.6) is 0 Å². The molecule has 2 aromatic rings. The number of hydrogen-bond donors (Lipinski definition) is 2. The molecule has 118 valence electrons. The molecule has 1 heterocycles. The first-order chi connectivity index (χ1) is 10.7. The van der Waals surface area contributed by atoms with Crippen molar-refractivity contribution in [2.24, 2.45) is 5.92 Å². The number of amides is 1. The monoisotopic (exact) mass is 303 g/mol. The molecule has 7 nitrogen and oxygen atoms in total. The van der Waals surface area contributed by atoms with Gasteiger partial charge in [0.25, 0.3) is 0 Å². The number of nitrogens with one attached hydrogen (secondary N) is 1. The Hall–Kier alpha value is -2.28. The molecule has 0 aliphatic rings. The van der Waals surface area contributed by atoms with Gasteiger partial charge in [0, 0.05) is 0 Å². The minimum atomic E-state index is -0.658. The maximum atomic E-state index is 12.7. The van der Waals surface area contributed by atoms with Crippen molar-refractivity contribution >= 4 is 5.91 Å². The highest BCUT2D eigenvalue weighted by Crippen LogP contribution is 2.18. The predicted octanol–water partition coefficient (Wildman–Crippen LogP) is 0.786. The lowest BCUT2D eigenvalue weighted by atomic mass is 9.98. The SMILES string of the molecule is CC[C@H](C)[C@@H](CO)NC(=O)[C@@H](c1ccccc1)n1cnnn1. The third kappa shape index (κ3) is 3.67. The Morgan fingerprint density at radius 1 is 1.36 bits per heavy atom. The zero-order valence-electron chi connectivity index (χ0n) is 12.8. The van der Waals surface area contributed by atoms with Crippen LogP contribution in [0.4, 0.5) is 0 Å². The summed E-state index contributed by atoms with van der Waals surface area (Å²) in [5.74, 6) is -0.0582. The van der Waals surface area contributed by atoms with E-state index in [9.17, 15) is 9.90 Å². The molecule has 0 aliphatic heterocycles. The maximum absolute atomic E-state index is 12.7. The highest BCUT2D eigenvalue weighted by molar-refractivity contribution is 5.83. The van der Waals surface area contributed by atoms with Crippen molar-refractivity contribution in [3.05, 3.63) is 42.2 Å². The van der Waals surface area contributed by atoms with Crippen LogP contribution < -0.4 is 5.32 Å². The summed E-state index contributed by atoms with van der Waals surface area (Å²) in [4.78, 5) is 12.7. The number of tetrazole rings is 1. The molecule has 1 amide bonds. The lowest BCUT2D eigenvalue weighted by molar-refractivity contribution is -0.125. The third-order valence-corrected chi connectivity index (χ3v) is 3.85. The van der Waals surface area contributed by atoms with Crippen molar-refractivity contribution in [2.75, 3.05) is 6.61 Å². The van der Waals surface area contributed by atoms with Crippen LogP contribution in [-0.4, -0.2) is 43.9 Å². The lowest BCUT2D eigenvalue weighted by Crippen LogP contribution is -2.45. The molecule has 0 spiro atoms. The molecule has 0 bridgehead atoms. The fraction of sp³-hybridized carbons (Fsp3) is 0.467. The molecule has 1 aromatic carbocycles. The molecular weight excluding hydrogens is 282 g/mol. The normalized spacial score (nSPS) is 15.0. The summed E-state index contributed by atoms with van der Waals surface area (Å²) in [5.41, 5.74) is 0.785. The van der Waals surface area contributed by atoms with E-state index in [-0.39, 0.29) is 24.5 Å². The van der Waals surface area contributed by atoms with Crippen LogP contribution in [0.1, 0.15) is 31.9 Å². The van der Waals surface area contributed by atoms with E-state index >= 15 is 0 Å². The number of nitrogens with zero attached hydrogens (tertiary/aromatic N) is 4. The fourth-order valence-electron chi connectivity index (χ4n) is 2.26. The average Bonchev–Trinajstić information content (AvgIpc) is 3.07. The highest BCUT2D eigenvalue weighted by Gasteiger charge is 2.27. The van der Waals surface area contributed by atoms with E-state index in [1.807, 2.05) is 44.2 Å². The zero-order chi connectivity index (χ0) is 15.9. The minimum absolute atomic E-state index is 0.0993. The summed E-state index contributed by atoms with van der Waals surface area (Å²) in [6.45, 7) is 3.92. The van der Waals surface area contributed by atoms with Crippen molar-refractivity contribution < 1.29 is 9.90 Å². The Labute approximate surface area is 129 Å². The molecule has 0 aliphatic carbocycles. The topological polar surface area (TPSA) is 92.9 Å². The standard InChI is InChI=1S/C15H21N5O2/c1-3-11(2)13(9-21)17-15(22)14(20-10-16-18-19-20)12-7-5-4-6-8-12/h4-8,10-11,13-14,21H,3,9H2,1-2H3,(H,17,22)/t11-,13+,14+/m0/s1. The van der Waals surface area contributed by atoms with Gasteiger partial charge < -0.3 is 10.4 Å². The number of carbonyl (C=O) groups excluding carboxylic acids is 1. The van der Waals surface area contributed by atoms with E-state index in [4.69, 9.17) is 0 Å². The second-order valence-corrected chi connectivity index (χ2v) is 5.29. The van der Waals surface area contributed by atoms with E-state index in [1.165, 1.54) is 11.0 Å². The van der Waals surface area contributed by atoms with Crippen LogP contribution in [0.25, 0.3) is 0 Å². The van der Waals surface area contributed by atoms with Gasteiger partial charge in [0.15, 0.2) is 6.04 Å². The molecule has 0 saturated carbocycles. The van der Waals surface area contributed by atoms with Gasteiger partial charge in [-0.2, -0.15) is 0 Å². The first-order valence-corrected chi connectivity index (χ1v) is 7.36. The van der Waals surface area contributed by atoms with Crippen LogP contribution in [0.15, 0.2) is 36.7 Å². The second kappa shape index (κ2) is 7.65. The quantitative estimate of drug-likeness (QED) is 0.788. The van der Waals surface area contributed by atoms with Crippen molar-refractivity contribution in [3.8, 4) is 0 Å². The summed E-state index contributed by atoms with van der Waals surface area (Å²) < 4.78 is 1.41. The number of aromatic nitrogens is 4. The largest absolute Gasteiger partial charge is 0.394 e. The van der Waals surface area contributed by atoms with Crippen molar-refractivity contribution in [3.63, 3.8) is 0 Å². The minimum Gasteiger partial charge on any atom is -0.394 e. The summed E-state index contributed by atoms with van der Waals surface area (Å²) in [7, 11) is 0. The van der Waals surface area contributed by atoms with Crippen molar-refractivity contribution in [2.45, 2.75) is 32.4 Å². The van der Waals surface area contributed by atoms with Gasteiger partial charge in [0.2, 0.25) is 5.91 Å². The molecule has 0 radical (unpaired) electrons. The first-order valence-electron chi connectivity index (χ1n) is 7.36. The Bertz CT molecular complexity index is 573. The molecule has 3 atom stereocenters. The van der Waals surface area contributed by atoms with Gasteiger partial charge in [-0.05, 0) is 21.9 Å². The maximum Gasteiger partial charge on any atom is 0.249 e. The first kappa shape index (κ1) is 16.1. The fourth-order valence-corrected chi connectivity index (χ4v) is 2.26. The molecule has 22 heavy (non-hydrogen) atoms. The van der Waals surface area contributed by atoms with E-state index in [0.29, 0.717) is 0 Å². The van der Waals surface area contributed by atoms with Gasteiger partial charge in [-0.15, -0.1) is 5.10 Å². The Morgan fingerprint density at radius 2 is 2.09 bits per heavy atom. The number of hydrogen-bond acceptors (Lipinski definition) is 5. The Balaban J connectivity index is 2.24. The summed E-state index contributed by atoms with van der Waals surface area (Å²) in [6.07, 6.45) is 2.28. The molecule has 0 fully saturated rings. The average molecular weight is 303 g/mol. The number of carbonyl (C=O) groups is 1. The molecule has 2 rings (SSSR count). The van der Waals surface area contributed by atoms with Crippen molar-refractivity contribution in [1.82, 2.24) is 25.5 Å². The Kier molecular flexibility index (Phi) is 5.60. The van der Waals surface area contributed by atoms with E-state index in [0.717, 1.165) is 12.0 Å².